The zero-order valence-electron chi connectivity index (χ0n) is 25.5. The number of hydrogen-bond donors (Lipinski definition) is 2. The van der Waals surface area contributed by atoms with Gasteiger partial charge in [-0.2, -0.15) is 5.11 Å². The van der Waals surface area contributed by atoms with Gasteiger partial charge >= 0.3 is 5.97 Å². The second kappa shape index (κ2) is 15.5. The lowest BCUT2D eigenvalue weighted by Gasteiger charge is -2.28. The molecule has 0 aliphatic heterocycles. The predicted molar refractivity (Wildman–Crippen MR) is 168 cm³/mol. The van der Waals surface area contributed by atoms with E-state index in [0.717, 1.165) is 25.7 Å². The van der Waals surface area contributed by atoms with E-state index in [9.17, 15) is 23.1 Å². The minimum absolute atomic E-state index is 0.104. The van der Waals surface area contributed by atoms with Gasteiger partial charge in [-0.15, -0.1) is 5.11 Å². The van der Waals surface area contributed by atoms with E-state index in [1.807, 2.05) is 25.1 Å². The zero-order valence-corrected chi connectivity index (χ0v) is 26.4. The summed E-state index contributed by atoms with van der Waals surface area (Å²) in [4.78, 5) is 27.8. The number of aromatic amines is 1. The number of carbonyl (C=O) groups is 1. The van der Waals surface area contributed by atoms with Crippen molar-refractivity contribution in [2.75, 3.05) is 17.5 Å². The Hall–Kier alpha value is -3.99. The summed E-state index contributed by atoms with van der Waals surface area (Å²) in [6.45, 7) is 10.1. The van der Waals surface area contributed by atoms with Gasteiger partial charge in [0.05, 0.1) is 22.9 Å². The van der Waals surface area contributed by atoms with Crippen molar-refractivity contribution in [3.05, 3.63) is 76.1 Å². The fourth-order valence-electron chi connectivity index (χ4n) is 4.74. The molecule has 2 aromatic carbocycles. The molecule has 10 nitrogen and oxygen atoms in total. The third-order valence-electron chi connectivity index (χ3n) is 7.13. The number of benzene rings is 2. The first-order chi connectivity index (χ1) is 20.5. The number of aromatic hydroxyl groups is 1. The molecule has 0 bridgehead atoms. The topological polar surface area (TPSA) is 141 Å². The molecule has 1 atom stereocenters. The number of H-pyrrole nitrogens is 1. The molecule has 43 heavy (non-hydrogen) atoms. The van der Waals surface area contributed by atoms with Crippen LogP contribution in [0, 0.1) is 5.92 Å². The first-order valence-corrected chi connectivity index (χ1v) is 16.2. The number of hydrogen-bond acceptors (Lipinski definition) is 8. The van der Waals surface area contributed by atoms with Crippen LogP contribution < -0.4 is 9.86 Å². The summed E-state index contributed by atoms with van der Waals surface area (Å²) < 4.78 is 34.4. The van der Waals surface area contributed by atoms with Crippen LogP contribution in [-0.2, 0) is 14.8 Å². The van der Waals surface area contributed by atoms with E-state index in [-0.39, 0.29) is 40.2 Å². The average Bonchev–Trinajstić information content (AvgIpc) is 2.99. The number of aromatic nitrogens is 1. The Kier molecular flexibility index (Phi) is 12.1. The van der Waals surface area contributed by atoms with Gasteiger partial charge in [0.1, 0.15) is 5.56 Å². The van der Waals surface area contributed by atoms with Gasteiger partial charge in [0.15, 0.2) is 5.69 Å². The smallest absolute Gasteiger partial charge is 0.343 e. The van der Waals surface area contributed by atoms with Gasteiger partial charge in [-0.05, 0) is 61.1 Å². The molecule has 1 heterocycles. The number of ether oxygens (including phenoxy) is 1. The zero-order chi connectivity index (χ0) is 31.6. The van der Waals surface area contributed by atoms with Crippen molar-refractivity contribution in [3.63, 3.8) is 0 Å². The van der Waals surface area contributed by atoms with Gasteiger partial charge in [0.2, 0.25) is 5.88 Å². The van der Waals surface area contributed by atoms with Gasteiger partial charge in [-0.1, -0.05) is 72.1 Å². The number of pyridine rings is 1. The fraction of sp³-hybridized carbons (Fsp3) is 0.438. The van der Waals surface area contributed by atoms with Crippen LogP contribution in [0.3, 0.4) is 0 Å². The minimum atomic E-state index is -3.89. The molecular formula is C32H42N4O6S. The van der Waals surface area contributed by atoms with Gasteiger partial charge in [-0.3, -0.25) is 14.1 Å². The van der Waals surface area contributed by atoms with E-state index in [4.69, 9.17) is 4.74 Å². The summed E-state index contributed by atoms with van der Waals surface area (Å²) >= 11 is 0. The van der Waals surface area contributed by atoms with E-state index >= 15 is 0 Å². The molecule has 0 aliphatic carbocycles. The number of anilines is 1. The van der Waals surface area contributed by atoms with Crippen molar-refractivity contribution in [2.24, 2.45) is 16.1 Å². The molecule has 0 spiro atoms. The van der Waals surface area contributed by atoms with Crippen LogP contribution in [0.5, 0.6) is 5.88 Å². The highest BCUT2D eigenvalue weighted by atomic mass is 32.2. The number of para-hydroxylation sites is 1. The summed E-state index contributed by atoms with van der Waals surface area (Å²) in [5, 5.41) is 18.6. The van der Waals surface area contributed by atoms with Gasteiger partial charge in [0.25, 0.3) is 15.6 Å². The molecule has 0 amide bonds. The first-order valence-electron chi connectivity index (χ1n) is 14.8. The normalized spacial score (nSPS) is 12.5. The third kappa shape index (κ3) is 8.31. The lowest BCUT2D eigenvalue weighted by Crippen LogP contribution is -2.35. The molecule has 0 fully saturated rings. The predicted octanol–water partition coefficient (Wildman–Crippen LogP) is 7.60. The second-order valence-corrected chi connectivity index (χ2v) is 12.6. The SMILES string of the molecule is CCCCC(CC)CN(c1ccccc1)S(=O)(=O)c1ccc(N=Nc2c(C(C)C)c(C(=O)OCCC)c(O)[nH]c2=O)cc1. The standard InChI is InChI=1S/C32H42N4O6S/c1-6-9-13-23(8-3)21-36(25-14-11-10-12-15-25)43(40,41)26-18-16-24(17-19-26)34-35-29-27(22(4)5)28(30(37)33-31(29)38)32(39)42-20-7-2/h10-12,14-19,22-23H,6-9,13,20-21H2,1-5H3,(H2,33,37,38). The van der Waals surface area contributed by atoms with E-state index in [1.165, 1.54) is 28.6 Å². The molecule has 11 heteroatoms. The van der Waals surface area contributed by atoms with Crippen LogP contribution >= 0.6 is 0 Å². The van der Waals surface area contributed by atoms with Crippen molar-refractivity contribution in [3.8, 4) is 5.88 Å². The molecule has 2 N–H and O–H groups in total. The van der Waals surface area contributed by atoms with Crippen LogP contribution in [-0.4, -0.2) is 37.6 Å². The third-order valence-corrected chi connectivity index (χ3v) is 8.94. The van der Waals surface area contributed by atoms with Crippen LogP contribution in [0.2, 0.25) is 0 Å². The number of rotatable bonds is 15. The Morgan fingerprint density at radius 1 is 1.00 bits per heavy atom. The maximum Gasteiger partial charge on any atom is 0.343 e. The highest BCUT2D eigenvalue weighted by Gasteiger charge is 2.28. The highest BCUT2D eigenvalue weighted by Crippen LogP contribution is 2.33. The minimum Gasteiger partial charge on any atom is -0.494 e. The monoisotopic (exact) mass is 610 g/mol. The Morgan fingerprint density at radius 3 is 2.26 bits per heavy atom. The molecule has 0 saturated heterocycles. The Balaban J connectivity index is 1.96. The van der Waals surface area contributed by atoms with E-state index in [0.29, 0.717) is 24.3 Å². The number of azo groups is 1. The summed E-state index contributed by atoms with van der Waals surface area (Å²) in [5.74, 6) is -1.52. The van der Waals surface area contributed by atoms with Crippen molar-refractivity contribution < 1.29 is 23.1 Å². The van der Waals surface area contributed by atoms with Gasteiger partial charge in [-0.25, -0.2) is 13.2 Å². The molecule has 0 radical (unpaired) electrons. The Morgan fingerprint density at radius 2 is 1.67 bits per heavy atom. The number of sulfonamides is 1. The van der Waals surface area contributed by atoms with Crippen LogP contribution in [0.1, 0.15) is 88.6 Å². The number of nitrogens with zero attached hydrogens (tertiary/aromatic N) is 3. The molecule has 3 aromatic rings. The van der Waals surface area contributed by atoms with Crippen LogP contribution in [0.25, 0.3) is 0 Å². The van der Waals surface area contributed by atoms with Crippen LogP contribution in [0.15, 0.2) is 74.5 Å². The second-order valence-electron chi connectivity index (χ2n) is 10.7. The van der Waals surface area contributed by atoms with Gasteiger partial charge < -0.3 is 9.84 Å². The first kappa shape index (κ1) is 33.5. The molecule has 1 unspecified atom stereocenters. The molecule has 3 rings (SSSR count). The molecule has 1 aromatic heterocycles. The van der Waals surface area contributed by atoms with Crippen molar-refractivity contribution in [1.82, 2.24) is 4.98 Å². The maximum absolute atomic E-state index is 13.9. The van der Waals surface area contributed by atoms with Crippen LogP contribution in [0.4, 0.5) is 17.1 Å². The highest BCUT2D eigenvalue weighted by molar-refractivity contribution is 7.92. The Labute approximate surface area is 253 Å². The number of carbonyl (C=O) groups excluding carboxylic acids is 1. The van der Waals surface area contributed by atoms with E-state index in [1.54, 1.807) is 26.0 Å². The summed E-state index contributed by atoms with van der Waals surface area (Å²) in [6.07, 6.45) is 4.48. The Bertz CT molecular complexity index is 1550. The molecule has 0 saturated carbocycles. The van der Waals surface area contributed by atoms with Crippen molar-refractivity contribution >= 4 is 33.1 Å². The summed E-state index contributed by atoms with van der Waals surface area (Å²) in [5.41, 5.74) is 0.0874. The number of unbranched alkanes of at least 4 members (excludes halogenated alkanes) is 1. The lowest BCUT2D eigenvalue weighted by molar-refractivity contribution is 0.0499. The summed E-state index contributed by atoms with van der Waals surface area (Å²) in [6, 6.07) is 15.0. The number of esters is 1. The lowest BCUT2D eigenvalue weighted by atomic mass is 9.97. The quantitative estimate of drug-likeness (QED) is 0.134. The molecule has 0 aliphatic rings. The fourth-order valence-corrected chi connectivity index (χ4v) is 6.28. The summed E-state index contributed by atoms with van der Waals surface area (Å²) in [7, 11) is -3.89. The molecular weight excluding hydrogens is 568 g/mol. The van der Waals surface area contributed by atoms with Crippen molar-refractivity contribution in [2.45, 2.75) is 77.5 Å². The maximum atomic E-state index is 13.9. The molecule has 232 valence electrons. The van der Waals surface area contributed by atoms with E-state index in [2.05, 4.69) is 29.1 Å². The van der Waals surface area contributed by atoms with Gasteiger partial charge in [0, 0.05) is 12.1 Å². The number of nitrogens with one attached hydrogen (secondary N) is 1. The average molecular weight is 611 g/mol. The largest absolute Gasteiger partial charge is 0.494 e. The van der Waals surface area contributed by atoms with Crippen molar-refractivity contribution in [1.29, 1.82) is 0 Å². The van der Waals surface area contributed by atoms with E-state index < -0.39 is 27.4 Å².